The topological polar surface area (TPSA) is 62.3 Å². The number of carbonyl (C=O) groups is 2. The first-order chi connectivity index (χ1) is 10.3. The first-order valence-electron chi connectivity index (χ1n) is 7.84. The quantitative estimate of drug-likeness (QED) is 0.913. The highest BCUT2D eigenvalue weighted by molar-refractivity contribution is 5.98. The van der Waals surface area contributed by atoms with Crippen LogP contribution in [0.4, 0.5) is 0 Å². The van der Waals surface area contributed by atoms with Crippen molar-refractivity contribution in [3.8, 4) is 0 Å². The fourth-order valence-corrected chi connectivity index (χ4v) is 2.49. The zero-order valence-electron chi connectivity index (χ0n) is 13.8. The van der Waals surface area contributed by atoms with E-state index in [0.29, 0.717) is 11.5 Å². The molecule has 120 valence electrons. The van der Waals surface area contributed by atoms with Crippen molar-refractivity contribution in [3.05, 3.63) is 29.6 Å². The van der Waals surface area contributed by atoms with E-state index in [2.05, 4.69) is 17.2 Å². The molecule has 0 bridgehead atoms. The molecule has 0 saturated carbocycles. The Bertz CT molecular complexity index is 555. The van der Waals surface area contributed by atoms with Gasteiger partial charge in [-0.1, -0.05) is 6.92 Å². The molecule has 1 aromatic heterocycles. The summed E-state index contributed by atoms with van der Waals surface area (Å²) in [5.41, 5.74) is 0.483. The van der Waals surface area contributed by atoms with Crippen LogP contribution in [-0.4, -0.2) is 40.3 Å². The number of carbonyl (C=O) groups excluding carboxylic acids is 2. The molecule has 5 nitrogen and oxygen atoms in total. The molecule has 2 amide bonds. The molecular weight excluding hydrogens is 278 g/mol. The van der Waals surface area contributed by atoms with Gasteiger partial charge in [0.05, 0.1) is 0 Å². The van der Waals surface area contributed by atoms with Gasteiger partial charge in [-0.15, -0.1) is 0 Å². The number of hydrogen-bond acceptors (Lipinski definition) is 3. The highest BCUT2D eigenvalue weighted by Crippen LogP contribution is 2.18. The third-order valence-electron chi connectivity index (χ3n) is 3.80. The number of rotatable bonds is 2. The van der Waals surface area contributed by atoms with E-state index in [1.807, 2.05) is 25.7 Å². The van der Waals surface area contributed by atoms with E-state index in [-0.39, 0.29) is 23.0 Å². The number of pyridine rings is 1. The minimum Gasteiger partial charge on any atom is -0.346 e. The first-order valence-corrected chi connectivity index (χ1v) is 7.84. The standard InChI is InChI=1S/C17H25N3O2/c1-12-6-9-20(10-7-12)16(22)13-5-8-18-14(11-13)15(21)19-17(2,3)4/h5,8,11-12H,6-7,9-10H2,1-4H3,(H,19,21). The molecule has 1 aromatic rings. The molecule has 2 heterocycles. The van der Waals surface area contributed by atoms with Crippen LogP contribution in [0.2, 0.25) is 0 Å². The Hall–Kier alpha value is -1.91. The van der Waals surface area contributed by atoms with Crippen LogP contribution in [0.25, 0.3) is 0 Å². The second-order valence-corrected chi connectivity index (χ2v) is 7.11. The van der Waals surface area contributed by atoms with E-state index in [4.69, 9.17) is 0 Å². The van der Waals surface area contributed by atoms with E-state index < -0.39 is 0 Å². The summed E-state index contributed by atoms with van der Waals surface area (Å²) >= 11 is 0. The van der Waals surface area contributed by atoms with Gasteiger partial charge in [-0.05, 0) is 51.7 Å². The number of aromatic nitrogens is 1. The molecule has 2 rings (SSSR count). The van der Waals surface area contributed by atoms with Gasteiger partial charge < -0.3 is 10.2 Å². The van der Waals surface area contributed by atoms with Gasteiger partial charge in [0.2, 0.25) is 0 Å². The van der Waals surface area contributed by atoms with Gasteiger partial charge in [-0.25, -0.2) is 0 Å². The summed E-state index contributed by atoms with van der Waals surface area (Å²) in [5.74, 6) is 0.406. The van der Waals surface area contributed by atoms with Crippen molar-refractivity contribution in [2.45, 2.75) is 46.1 Å². The number of hydrogen-bond donors (Lipinski definition) is 1. The number of amides is 2. The largest absolute Gasteiger partial charge is 0.346 e. The summed E-state index contributed by atoms with van der Waals surface area (Å²) in [6, 6.07) is 3.26. The molecular formula is C17H25N3O2. The third kappa shape index (κ3) is 4.29. The zero-order valence-corrected chi connectivity index (χ0v) is 13.8. The van der Waals surface area contributed by atoms with E-state index in [1.165, 1.54) is 6.20 Å². The SMILES string of the molecule is CC1CCN(C(=O)c2ccnc(C(=O)NC(C)(C)C)c2)CC1. The Morgan fingerprint density at radius 1 is 1.27 bits per heavy atom. The summed E-state index contributed by atoms with van der Waals surface area (Å²) in [6.45, 7) is 9.51. The molecule has 0 spiro atoms. The Balaban J connectivity index is 2.11. The molecule has 1 saturated heterocycles. The molecule has 0 aromatic carbocycles. The molecule has 1 N–H and O–H groups in total. The molecule has 0 atom stereocenters. The van der Waals surface area contributed by atoms with Gasteiger partial charge in [0.15, 0.2) is 0 Å². The molecule has 0 radical (unpaired) electrons. The lowest BCUT2D eigenvalue weighted by Crippen LogP contribution is -2.41. The number of nitrogens with zero attached hydrogens (tertiary/aromatic N) is 2. The molecule has 1 aliphatic heterocycles. The monoisotopic (exact) mass is 303 g/mol. The average Bonchev–Trinajstić information content (AvgIpc) is 2.46. The van der Waals surface area contributed by atoms with Gasteiger partial charge in [0.1, 0.15) is 5.69 Å². The normalized spacial score (nSPS) is 16.5. The van der Waals surface area contributed by atoms with E-state index in [9.17, 15) is 9.59 Å². The second-order valence-electron chi connectivity index (χ2n) is 7.11. The van der Waals surface area contributed by atoms with Gasteiger partial charge >= 0.3 is 0 Å². The van der Waals surface area contributed by atoms with Crippen LogP contribution in [0.15, 0.2) is 18.3 Å². The van der Waals surface area contributed by atoms with Crippen molar-refractivity contribution in [3.63, 3.8) is 0 Å². The van der Waals surface area contributed by atoms with Crippen LogP contribution < -0.4 is 5.32 Å². The first kappa shape index (κ1) is 16.5. The number of nitrogens with one attached hydrogen (secondary N) is 1. The van der Waals surface area contributed by atoms with E-state index in [0.717, 1.165) is 25.9 Å². The van der Waals surface area contributed by atoms with Crippen LogP contribution >= 0.6 is 0 Å². The lowest BCUT2D eigenvalue weighted by atomic mass is 9.98. The Morgan fingerprint density at radius 2 is 1.91 bits per heavy atom. The maximum Gasteiger partial charge on any atom is 0.270 e. The Labute approximate surface area is 132 Å². The highest BCUT2D eigenvalue weighted by Gasteiger charge is 2.23. The van der Waals surface area contributed by atoms with Crippen molar-refractivity contribution in [1.29, 1.82) is 0 Å². The summed E-state index contributed by atoms with van der Waals surface area (Å²) in [5, 5.41) is 2.86. The van der Waals surface area contributed by atoms with Crippen molar-refractivity contribution in [2.24, 2.45) is 5.92 Å². The Kier molecular flexibility index (Phi) is 4.84. The molecule has 0 aliphatic carbocycles. The van der Waals surface area contributed by atoms with Gasteiger partial charge in [0, 0.05) is 30.4 Å². The van der Waals surface area contributed by atoms with Crippen molar-refractivity contribution in [2.75, 3.05) is 13.1 Å². The molecule has 1 aliphatic rings. The van der Waals surface area contributed by atoms with Crippen LogP contribution in [0, 0.1) is 5.92 Å². The summed E-state index contributed by atoms with van der Waals surface area (Å²) in [6.07, 6.45) is 3.60. The summed E-state index contributed by atoms with van der Waals surface area (Å²) in [4.78, 5) is 30.6. The van der Waals surface area contributed by atoms with Crippen LogP contribution in [-0.2, 0) is 0 Å². The molecule has 1 fully saturated rings. The van der Waals surface area contributed by atoms with Crippen molar-refractivity contribution >= 4 is 11.8 Å². The maximum absolute atomic E-state index is 12.5. The van der Waals surface area contributed by atoms with Crippen molar-refractivity contribution < 1.29 is 9.59 Å². The maximum atomic E-state index is 12.5. The number of likely N-dealkylation sites (tertiary alicyclic amines) is 1. The highest BCUT2D eigenvalue weighted by atomic mass is 16.2. The minimum atomic E-state index is -0.332. The lowest BCUT2D eigenvalue weighted by Gasteiger charge is -2.30. The van der Waals surface area contributed by atoms with E-state index in [1.54, 1.807) is 12.1 Å². The zero-order chi connectivity index (χ0) is 16.3. The minimum absolute atomic E-state index is 0.0147. The van der Waals surface area contributed by atoms with E-state index >= 15 is 0 Å². The van der Waals surface area contributed by atoms with Gasteiger partial charge in [0.25, 0.3) is 11.8 Å². The molecule has 22 heavy (non-hydrogen) atoms. The third-order valence-corrected chi connectivity index (χ3v) is 3.80. The molecule has 0 unspecified atom stereocenters. The van der Waals surface area contributed by atoms with Crippen molar-refractivity contribution in [1.82, 2.24) is 15.2 Å². The second kappa shape index (κ2) is 6.46. The predicted molar refractivity (Wildman–Crippen MR) is 85.8 cm³/mol. The van der Waals surface area contributed by atoms with Gasteiger partial charge in [-0.2, -0.15) is 0 Å². The lowest BCUT2D eigenvalue weighted by molar-refractivity contribution is 0.0697. The van der Waals surface area contributed by atoms with Gasteiger partial charge in [-0.3, -0.25) is 14.6 Å². The summed E-state index contributed by atoms with van der Waals surface area (Å²) < 4.78 is 0. The fourth-order valence-electron chi connectivity index (χ4n) is 2.49. The van der Waals surface area contributed by atoms with Crippen LogP contribution in [0.1, 0.15) is 61.4 Å². The average molecular weight is 303 g/mol. The van der Waals surface area contributed by atoms with Crippen LogP contribution in [0.3, 0.4) is 0 Å². The fraction of sp³-hybridized carbons (Fsp3) is 0.588. The smallest absolute Gasteiger partial charge is 0.270 e. The molecule has 5 heteroatoms. The predicted octanol–water partition coefficient (Wildman–Crippen LogP) is 2.48. The van der Waals surface area contributed by atoms with Crippen LogP contribution in [0.5, 0.6) is 0 Å². The summed E-state index contributed by atoms with van der Waals surface area (Å²) in [7, 11) is 0. The number of piperidine rings is 1. The Morgan fingerprint density at radius 3 is 2.50 bits per heavy atom.